The second-order valence-electron chi connectivity index (χ2n) is 12.2. The Morgan fingerprint density at radius 1 is 0.565 bits per heavy atom. The molecule has 11 heteroatoms. The van der Waals surface area contributed by atoms with E-state index in [2.05, 4.69) is 13.8 Å². The smallest absolute Gasteiger partial charge is 0.317 e. The topological polar surface area (TPSA) is 141 Å². The SMILES string of the molecule is CCCCCCCCCC(=O)OCC(COC(=O)CCCCCCCCC)OC(=O)CCCOC(=O)C(C)(COC)COC(C)=O. The Morgan fingerprint density at radius 3 is 1.48 bits per heavy atom. The molecule has 46 heavy (non-hydrogen) atoms. The summed E-state index contributed by atoms with van der Waals surface area (Å²) in [5.41, 5.74) is -1.19. The summed E-state index contributed by atoms with van der Waals surface area (Å²) in [7, 11) is 1.42. The van der Waals surface area contributed by atoms with Gasteiger partial charge in [-0.2, -0.15) is 0 Å². The fourth-order valence-electron chi connectivity index (χ4n) is 4.62. The van der Waals surface area contributed by atoms with Crippen molar-refractivity contribution in [2.45, 2.75) is 149 Å². The van der Waals surface area contributed by atoms with Crippen molar-refractivity contribution in [1.82, 2.24) is 0 Å². The van der Waals surface area contributed by atoms with Crippen molar-refractivity contribution in [3.63, 3.8) is 0 Å². The number of hydrogen-bond donors (Lipinski definition) is 0. The summed E-state index contributed by atoms with van der Waals surface area (Å²) >= 11 is 0. The Hall–Kier alpha value is -2.69. The van der Waals surface area contributed by atoms with Crippen LogP contribution >= 0.6 is 0 Å². The van der Waals surface area contributed by atoms with E-state index in [4.69, 9.17) is 28.4 Å². The number of hydrogen-bond acceptors (Lipinski definition) is 11. The minimum Gasteiger partial charge on any atom is -0.465 e. The maximum absolute atomic E-state index is 12.6. The minimum atomic E-state index is -1.19. The van der Waals surface area contributed by atoms with Crippen molar-refractivity contribution >= 4 is 29.8 Å². The molecule has 0 rings (SSSR count). The van der Waals surface area contributed by atoms with E-state index in [1.807, 2.05) is 0 Å². The van der Waals surface area contributed by atoms with Crippen LogP contribution in [-0.2, 0) is 52.4 Å². The quantitative estimate of drug-likeness (QED) is 0.0457. The number of rotatable bonds is 30. The number of ether oxygens (including phenoxy) is 6. The first-order valence-corrected chi connectivity index (χ1v) is 17.4. The fraction of sp³-hybridized carbons (Fsp3) is 0.857. The van der Waals surface area contributed by atoms with E-state index in [1.54, 1.807) is 6.92 Å². The lowest BCUT2D eigenvalue weighted by molar-refractivity contribution is -0.168. The highest BCUT2D eigenvalue weighted by Crippen LogP contribution is 2.20. The van der Waals surface area contributed by atoms with Crippen LogP contribution in [0, 0.1) is 5.41 Å². The summed E-state index contributed by atoms with van der Waals surface area (Å²) in [6.07, 6.45) is 14.8. The molecule has 0 N–H and O–H groups in total. The molecule has 0 aromatic heterocycles. The average Bonchev–Trinajstić information content (AvgIpc) is 3.02. The van der Waals surface area contributed by atoms with Crippen molar-refractivity contribution in [2.24, 2.45) is 5.41 Å². The Labute approximate surface area is 277 Å². The van der Waals surface area contributed by atoms with Gasteiger partial charge in [0.1, 0.15) is 25.2 Å². The molecule has 268 valence electrons. The zero-order valence-electron chi connectivity index (χ0n) is 29.3. The molecule has 0 aliphatic heterocycles. The fourth-order valence-corrected chi connectivity index (χ4v) is 4.62. The molecule has 0 aromatic carbocycles. The van der Waals surface area contributed by atoms with Crippen molar-refractivity contribution in [3.8, 4) is 0 Å². The van der Waals surface area contributed by atoms with Crippen LogP contribution in [0.3, 0.4) is 0 Å². The van der Waals surface area contributed by atoms with Gasteiger partial charge in [0.05, 0.1) is 13.2 Å². The van der Waals surface area contributed by atoms with Crippen LogP contribution in [0.4, 0.5) is 0 Å². The molecule has 11 nitrogen and oxygen atoms in total. The highest BCUT2D eigenvalue weighted by molar-refractivity contribution is 5.77. The predicted molar refractivity (Wildman–Crippen MR) is 174 cm³/mol. The van der Waals surface area contributed by atoms with E-state index in [-0.39, 0.29) is 70.7 Å². The Kier molecular flexibility index (Phi) is 26.9. The van der Waals surface area contributed by atoms with Gasteiger partial charge in [0.15, 0.2) is 6.10 Å². The zero-order valence-corrected chi connectivity index (χ0v) is 29.3. The highest BCUT2D eigenvalue weighted by Gasteiger charge is 2.36. The number of carbonyl (C=O) groups is 5. The first kappa shape index (κ1) is 43.3. The maximum Gasteiger partial charge on any atom is 0.317 e. The molecule has 0 saturated heterocycles. The highest BCUT2D eigenvalue weighted by atomic mass is 16.6. The van der Waals surface area contributed by atoms with Gasteiger partial charge in [-0.25, -0.2) is 0 Å². The molecule has 0 bridgehead atoms. The van der Waals surface area contributed by atoms with E-state index < -0.39 is 29.4 Å². The molecule has 0 saturated carbocycles. The molecule has 0 aromatic rings. The minimum absolute atomic E-state index is 0.0157. The maximum atomic E-state index is 12.6. The number of methoxy groups -OCH3 is 1. The third-order valence-corrected chi connectivity index (χ3v) is 7.44. The van der Waals surface area contributed by atoms with Gasteiger partial charge in [0, 0.05) is 33.3 Å². The molecular weight excluding hydrogens is 596 g/mol. The van der Waals surface area contributed by atoms with E-state index >= 15 is 0 Å². The summed E-state index contributed by atoms with van der Waals surface area (Å²) < 4.78 is 31.6. The average molecular weight is 659 g/mol. The van der Waals surface area contributed by atoms with Gasteiger partial charge in [-0.05, 0) is 26.2 Å². The normalized spacial score (nSPS) is 12.3. The van der Waals surface area contributed by atoms with Gasteiger partial charge in [-0.1, -0.05) is 90.9 Å². The Bertz CT molecular complexity index is 810. The monoisotopic (exact) mass is 658 g/mol. The van der Waals surface area contributed by atoms with Crippen molar-refractivity contribution in [2.75, 3.05) is 40.1 Å². The molecule has 1 atom stereocenters. The number of unbranched alkanes of at least 4 members (excludes halogenated alkanes) is 12. The van der Waals surface area contributed by atoms with Crippen LogP contribution in [0.2, 0.25) is 0 Å². The molecule has 0 spiro atoms. The molecule has 0 heterocycles. The van der Waals surface area contributed by atoms with Gasteiger partial charge in [-0.15, -0.1) is 0 Å². The molecule has 0 radical (unpaired) electrons. The number of carbonyl (C=O) groups excluding carboxylic acids is 5. The zero-order chi connectivity index (χ0) is 34.5. The van der Waals surface area contributed by atoms with Gasteiger partial charge in [0.2, 0.25) is 0 Å². The van der Waals surface area contributed by atoms with Crippen LogP contribution < -0.4 is 0 Å². The van der Waals surface area contributed by atoms with Gasteiger partial charge < -0.3 is 28.4 Å². The van der Waals surface area contributed by atoms with Crippen LogP contribution in [0.15, 0.2) is 0 Å². The van der Waals surface area contributed by atoms with E-state index in [0.717, 1.165) is 51.4 Å². The second kappa shape index (κ2) is 28.5. The summed E-state index contributed by atoms with van der Waals surface area (Å²) in [5.74, 6) is -2.53. The van der Waals surface area contributed by atoms with Crippen LogP contribution in [-0.4, -0.2) is 76.1 Å². The molecule has 0 amide bonds. The molecule has 0 aliphatic rings. The summed E-state index contributed by atoms with van der Waals surface area (Å²) in [5, 5.41) is 0. The van der Waals surface area contributed by atoms with Crippen molar-refractivity contribution < 1.29 is 52.4 Å². The van der Waals surface area contributed by atoms with E-state index in [9.17, 15) is 24.0 Å². The van der Waals surface area contributed by atoms with Crippen LogP contribution in [0.5, 0.6) is 0 Å². The molecule has 0 aliphatic carbocycles. The Balaban J connectivity index is 4.75. The van der Waals surface area contributed by atoms with Gasteiger partial charge >= 0.3 is 29.8 Å². The van der Waals surface area contributed by atoms with E-state index in [0.29, 0.717) is 0 Å². The number of esters is 5. The van der Waals surface area contributed by atoms with Crippen LogP contribution in [0.25, 0.3) is 0 Å². The first-order valence-electron chi connectivity index (χ1n) is 17.4. The lowest BCUT2D eigenvalue weighted by atomic mass is 9.93. The third kappa shape index (κ3) is 24.5. The summed E-state index contributed by atoms with van der Waals surface area (Å²) in [6.45, 7) is 6.43. The largest absolute Gasteiger partial charge is 0.465 e. The van der Waals surface area contributed by atoms with E-state index in [1.165, 1.54) is 52.6 Å². The molecule has 0 fully saturated rings. The van der Waals surface area contributed by atoms with Gasteiger partial charge in [0.25, 0.3) is 0 Å². The molecular formula is C35H62O11. The van der Waals surface area contributed by atoms with Crippen molar-refractivity contribution in [1.29, 1.82) is 0 Å². The van der Waals surface area contributed by atoms with Crippen molar-refractivity contribution in [3.05, 3.63) is 0 Å². The summed E-state index contributed by atoms with van der Waals surface area (Å²) in [6, 6.07) is 0. The predicted octanol–water partition coefficient (Wildman–Crippen LogP) is 6.81. The molecule has 1 unspecified atom stereocenters. The lowest BCUT2D eigenvalue weighted by Crippen LogP contribution is -2.39. The van der Waals surface area contributed by atoms with Gasteiger partial charge in [-0.3, -0.25) is 24.0 Å². The lowest BCUT2D eigenvalue weighted by Gasteiger charge is -2.25. The Morgan fingerprint density at radius 2 is 1.02 bits per heavy atom. The first-order chi connectivity index (χ1) is 22.1. The standard InChI is InChI=1S/C35H62O11/c1-6-8-10-12-14-16-18-21-31(37)43-25-30(26-44-32(38)22-19-17-15-13-11-9-7-2)46-33(39)23-20-24-42-34(40)35(4,27-41-5)28-45-29(3)36/h30H,6-28H2,1-5H3. The third-order valence-electron chi connectivity index (χ3n) is 7.44. The summed E-state index contributed by atoms with van der Waals surface area (Å²) in [4.78, 5) is 61.0. The second-order valence-corrected chi connectivity index (χ2v) is 12.2. The van der Waals surface area contributed by atoms with Crippen LogP contribution in [0.1, 0.15) is 143 Å².